The normalized spacial score (nSPS) is 52.3. The van der Waals surface area contributed by atoms with Gasteiger partial charge < -0.3 is 10.2 Å². The topological polar surface area (TPSA) is 49.4 Å². The number of Topliss-reactive ketones (excluding diaryl/α,β-unsaturated/α-hetero) is 1. The quantitative estimate of drug-likeness (QED) is 0.461. The molecule has 6 saturated carbocycles. The lowest BCUT2D eigenvalue weighted by atomic mass is 9.49. The van der Waals surface area contributed by atoms with Crippen molar-refractivity contribution in [3.8, 4) is 0 Å². The van der Waals surface area contributed by atoms with Crippen molar-refractivity contribution in [3.05, 3.63) is 10.2 Å². The molecule has 0 aromatic rings. The molecule has 1 saturated heterocycles. The molecule has 7 fully saturated rings. The van der Waals surface area contributed by atoms with Crippen molar-refractivity contribution in [1.82, 2.24) is 10.2 Å². The summed E-state index contributed by atoms with van der Waals surface area (Å²) in [6, 6.07) is 0. The number of nitrogens with one attached hydrogen (secondary N) is 1. The van der Waals surface area contributed by atoms with Gasteiger partial charge in [0, 0.05) is 42.6 Å². The number of halogens is 1. The van der Waals surface area contributed by atoms with E-state index in [1.165, 1.54) is 57.1 Å². The molecule has 1 aliphatic heterocycles. The third kappa shape index (κ3) is 3.21. The summed E-state index contributed by atoms with van der Waals surface area (Å²) in [7, 11) is 2.20. The molecule has 8 rings (SSSR count). The first kappa shape index (κ1) is 23.3. The number of carbonyl (C=O) groups excluding carboxylic acids is 2. The van der Waals surface area contributed by atoms with Crippen LogP contribution in [-0.2, 0) is 9.59 Å². The van der Waals surface area contributed by atoms with Gasteiger partial charge in [0.25, 0.3) is 0 Å². The minimum absolute atomic E-state index is 0.0747. The molecule has 35 heavy (non-hydrogen) atoms. The molecular weight excluding hydrogens is 500 g/mol. The van der Waals surface area contributed by atoms with E-state index in [0.717, 1.165) is 48.0 Å². The molecule has 4 bridgehead atoms. The van der Waals surface area contributed by atoms with Crippen molar-refractivity contribution in [2.75, 3.05) is 13.6 Å². The van der Waals surface area contributed by atoms with Crippen LogP contribution in [-0.4, -0.2) is 35.7 Å². The molecule has 1 N–H and O–H groups in total. The van der Waals surface area contributed by atoms with Crippen molar-refractivity contribution in [2.24, 2.45) is 52.3 Å². The number of amides is 1. The van der Waals surface area contributed by atoms with Crippen LogP contribution in [0.25, 0.3) is 0 Å². The van der Waals surface area contributed by atoms with E-state index in [-0.39, 0.29) is 28.1 Å². The summed E-state index contributed by atoms with van der Waals surface area (Å²) in [5.41, 5.74) is 1.57. The summed E-state index contributed by atoms with van der Waals surface area (Å²) < 4.78 is 0.833. The summed E-state index contributed by atoms with van der Waals surface area (Å²) in [4.78, 5) is 28.9. The summed E-state index contributed by atoms with van der Waals surface area (Å²) in [6.45, 7) is 5.93. The van der Waals surface area contributed by atoms with Gasteiger partial charge in [0.15, 0.2) is 5.78 Å². The molecule has 0 spiro atoms. The average molecular weight is 544 g/mol. The first-order valence-corrected chi connectivity index (χ1v) is 15.4. The van der Waals surface area contributed by atoms with Gasteiger partial charge in [-0.2, -0.15) is 0 Å². The zero-order valence-electron chi connectivity index (χ0n) is 21.9. The molecule has 0 aromatic carbocycles. The summed E-state index contributed by atoms with van der Waals surface area (Å²) >= 11 is 3.69. The maximum atomic E-state index is 14.0. The highest BCUT2D eigenvalue weighted by atomic mass is 79.9. The number of likely N-dealkylation sites (tertiary alicyclic amines) is 1. The van der Waals surface area contributed by atoms with E-state index < -0.39 is 0 Å². The Morgan fingerprint density at radius 1 is 0.971 bits per heavy atom. The molecule has 1 heterocycles. The van der Waals surface area contributed by atoms with Crippen molar-refractivity contribution in [3.63, 3.8) is 0 Å². The number of piperidine rings is 1. The third-order valence-corrected chi connectivity index (χ3v) is 13.5. The van der Waals surface area contributed by atoms with Crippen molar-refractivity contribution in [2.45, 2.75) is 96.4 Å². The van der Waals surface area contributed by atoms with Gasteiger partial charge in [-0.1, -0.05) is 13.8 Å². The van der Waals surface area contributed by atoms with Crippen LogP contribution in [0.2, 0.25) is 0 Å². The first-order chi connectivity index (χ1) is 16.6. The van der Waals surface area contributed by atoms with Crippen molar-refractivity contribution >= 4 is 27.6 Å². The van der Waals surface area contributed by atoms with Crippen LogP contribution >= 0.6 is 15.9 Å². The molecule has 0 unspecified atom stereocenters. The second-order valence-electron chi connectivity index (χ2n) is 14.6. The second kappa shape index (κ2) is 7.60. The van der Waals surface area contributed by atoms with Gasteiger partial charge in [-0.25, -0.2) is 0 Å². The Bertz CT molecular complexity index is 969. The Kier molecular flexibility index (Phi) is 5.06. The lowest BCUT2D eigenvalue weighted by Crippen LogP contribution is -2.62. The van der Waals surface area contributed by atoms with Crippen LogP contribution in [0.5, 0.6) is 0 Å². The molecule has 1 amide bonds. The van der Waals surface area contributed by atoms with Gasteiger partial charge in [-0.15, -0.1) is 0 Å². The number of nitrogens with zero attached hydrogens (tertiary/aromatic N) is 1. The Hall–Kier alpha value is -0.840. The second-order valence-corrected chi connectivity index (χ2v) is 15.4. The number of allylic oxidation sites excluding steroid dienone is 2. The Morgan fingerprint density at radius 2 is 1.63 bits per heavy atom. The minimum Gasteiger partial charge on any atom is -0.376 e. The number of hydrogen-bond donors (Lipinski definition) is 1. The third-order valence-electron chi connectivity index (χ3n) is 12.7. The predicted octanol–water partition coefficient (Wildman–Crippen LogP) is 6.05. The van der Waals surface area contributed by atoms with Crippen molar-refractivity contribution in [1.29, 1.82) is 0 Å². The highest BCUT2D eigenvalue weighted by Gasteiger charge is 2.62. The average Bonchev–Trinajstić information content (AvgIpc) is 3.13. The fraction of sp³-hybridized carbons (Fsp3) is 0.867. The molecule has 0 radical (unpaired) electrons. The maximum Gasteiger partial charge on any atom is 0.224 e. The number of fused-ring (bicyclic) bond motifs is 5. The highest BCUT2D eigenvalue weighted by Crippen LogP contribution is 2.66. The van der Waals surface area contributed by atoms with E-state index in [9.17, 15) is 9.59 Å². The molecule has 6 atom stereocenters. The monoisotopic (exact) mass is 542 g/mol. The minimum atomic E-state index is 0.0747. The number of carbonyl (C=O) groups is 2. The van der Waals surface area contributed by atoms with Crippen LogP contribution in [0.3, 0.4) is 0 Å². The Labute approximate surface area is 219 Å². The van der Waals surface area contributed by atoms with Gasteiger partial charge in [0.05, 0.1) is 4.48 Å². The maximum absolute atomic E-state index is 14.0. The molecule has 8 aliphatic rings. The molecular formula is C30H43BrN2O2. The predicted molar refractivity (Wildman–Crippen MR) is 141 cm³/mol. The van der Waals surface area contributed by atoms with Crippen LogP contribution in [0, 0.1) is 52.3 Å². The molecule has 4 nitrogen and oxygen atoms in total. The van der Waals surface area contributed by atoms with Gasteiger partial charge in [0.2, 0.25) is 5.91 Å². The van der Waals surface area contributed by atoms with Gasteiger partial charge in [-0.3, -0.25) is 9.59 Å². The van der Waals surface area contributed by atoms with Crippen LogP contribution in [0.15, 0.2) is 10.2 Å². The van der Waals surface area contributed by atoms with E-state index in [0.29, 0.717) is 30.1 Å². The van der Waals surface area contributed by atoms with E-state index in [1.807, 2.05) is 0 Å². The number of ketones is 1. The smallest absolute Gasteiger partial charge is 0.224 e. The van der Waals surface area contributed by atoms with E-state index in [2.05, 4.69) is 47.0 Å². The Balaban J connectivity index is 1.13. The van der Waals surface area contributed by atoms with Crippen LogP contribution in [0.1, 0.15) is 90.9 Å². The number of hydrogen-bond acceptors (Lipinski definition) is 3. The summed E-state index contributed by atoms with van der Waals surface area (Å²) in [5, 5.41) is 3.77. The van der Waals surface area contributed by atoms with Gasteiger partial charge in [-0.05, 0) is 127 Å². The molecule has 192 valence electrons. The summed E-state index contributed by atoms with van der Waals surface area (Å²) in [5.74, 6) is 5.31. The van der Waals surface area contributed by atoms with E-state index in [4.69, 9.17) is 0 Å². The zero-order valence-corrected chi connectivity index (χ0v) is 23.5. The fourth-order valence-electron chi connectivity index (χ4n) is 11.7. The van der Waals surface area contributed by atoms with Crippen molar-refractivity contribution < 1.29 is 9.59 Å². The van der Waals surface area contributed by atoms with E-state index >= 15 is 0 Å². The molecule has 7 aliphatic carbocycles. The summed E-state index contributed by atoms with van der Waals surface area (Å²) in [6.07, 6.45) is 14.3. The molecule has 0 aromatic heterocycles. The SMILES string of the molecule is CN1C[C@H]2[C@@H]3CC[C@H](C(=O)NC45CC6CC(CC(C6)C4)C5)[C@@]3(C)CC[C@@H]2[C@@]2(C)CCC(=O)C(Br)=C12. The van der Waals surface area contributed by atoms with Crippen LogP contribution < -0.4 is 5.32 Å². The van der Waals surface area contributed by atoms with Gasteiger partial charge in [0.1, 0.15) is 0 Å². The largest absolute Gasteiger partial charge is 0.376 e. The fourth-order valence-corrected chi connectivity index (χ4v) is 12.7. The standard InChI is InChI=1S/C30H43BrN2O2/c1-28-8-6-22-20(16-33(3)26-25(31)24(34)7-9-29(22,26)2)21(28)4-5-23(28)27(35)32-30-13-17-10-18(14-30)12-19(11-17)15-30/h17-23H,4-16H2,1-3H3,(H,32,35)/t17?,18?,19?,20-,21-,22-,23+,28-,29+,30?/m0/s1. The highest BCUT2D eigenvalue weighted by molar-refractivity contribution is 9.12. The molecule has 5 heteroatoms. The number of rotatable bonds is 2. The van der Waals surface area contributed by atoms with Crippen LogP contribution in [0.4, 0.5) is 0 Å². The zero-order chi connectivity index (χ0) is 24.3. The first-order valence-electron chi connectivity index (χ1n) is 14.6. The lowest BCUT2D eigenvalue weighted by Gasteiger charge is -2.60. The Morgan fingerprint density at radius 3 is 2.29 bits per heavy atom. The van der Waals surface area contributed by atoms with Gasteiger partial charge >= 0.3 is 0 Å². The van der Waals surface area contributed by atoms with E-state index in [1.54, 1.807) is 0 Å². The lowest BCUT2D eigenvalue weighted by molar-refractivity contribution is -0.139.